The molecule has 0 fully saturated rings. The highest BCUT2D eigenvalue weighted by molar-refractivity contribution is 5.69. The molecule has 2 nitrogen and oxygen atoms in total. The van der Waals surface area contributed by atoms with Gasteiger partial charge in [-0.15, -0.1) is 0 Å². The van der Waals surface area contributed by atoms with Crippen LogP contribution in [-0.2, 0) is 0 Å². The first-order chi connectivity index (χ1) is 6.57. The van der Waals surface area contributed by atoms with Crippen LogP contribution in [0.15, 0.2) is 18.7 Å². The molecule has 0 bridgehead atoms. The first-order valence-electron chi connectivity index (χ1n) is 4.69. The summed E-state index contributed by atoms with van der Waals surface area (Å²) in [6.45, 7) is 10.0. The average molecular weight is 192 g/mol. The zero-order valence-electron chi connectivity index (χ0n) is 8.92. The molecule has 2 heteroatoms. The Kier molecular flexibility index (Phi) is 3.18. The Morgan fingerprint density at radius 3 is 2.64 bits per heavy atom. The Morgan fingerprint density at radius 1 is 1.50 bits per heavy atom. The second kappa shape index (κ2) is 4.18. The molecule has 0 aliphatic carbocycles. The fourth-order valence-electron chi connectivity index (χ4n) is 1.34. The van der Waals surface area contributed by atoms with Gasteiger partial charge in [-0.05, 0) is 38.5 Å². The summed E-state index contributed by atoms with van der Waals surface area (Å²) in [5, 5.41) is 9.83. The van der Waals surface area contributed by atoms with Gasteiger partial charge in [-0.3, -0.25) is 0 Å². The first-order valence-corrected chi connectivity index (χ1v) is 4.69. The van der Waals surface area contributed by atoms with E-state index < -0.39 is 0 Å². The topological polar surface area (TPSA) is 29.5 Å². The Hall–Kier alpha value is -1.44. The molecule has 0 saturated carbocycles. The van der Waals surface area contributed by atoms with Crippen molar-refractivity contribution in [2.75, 3.05) is 6.61 Å². The summed E-state index contributed by atoms with van der Waals surface area (Å²) in [5.41, 5.74) is 2.41. The van der Waals surface area contributed by atoms with Crippen LogP contribution >= 0.6 is 0 Å². The van der Waals surface area contributed by atoms with Gasteiger partial charge in [0, 0.05) is 11.1 Å². The van der Waals surface area contributed by atoms with E-state index in [0.717, 1.165) is 22.4 Å². The van der Waals surface area contributed by atoms with E-state index in [2.05, 4.69) is 6.58 Å². The molecule has 14 heavy (non-hydrogen) atoms. The summed E-state index contributed by atoms with van der Waals surface area (Å²) < 4.78 is 5.36. The molecule has 0 radical (unpaired) electrons. The summed E-state index contributed by atoms with van der Waals surface area (Å²) >= 11 is 0. The predicted octanol–water partition coefficient (Wildman–Crippen LogP) is 3.13. The molecule has 0 amide bonds. The number of aromatic hydroxyl groups is 1. The lowest BCUT2D eigenvalue weighted by Gasteiger charge is -2.11. The third-order valence-corrected chi connectivity index (χ3v) is 2.14. The number of allylic oxidation sites excluding steroid dienone is 1. The molecule has 76 valence electrons. The van der Waals surface area contributed by atoms with Gasteiger partial charge < -0.3 is 9.84 Å². The molecule has 0 unspecified atom stereocenters. The smallest absolute Gasteiger partial charge is 0.129 e. The van der Waals surface area contributed by atoms with E-state index >= 15 is 0 Å². The summed E-state index contributed by atoms with van der Waals surface area (Å²) in [5.74, 6) is 0.999. The fourth-order valence-corrected chi connectivity index (χ4v) is 1.34. The minimum atomic E-state index is 0.267. The van der Waals surface area contributed by atoms with Crippen molar-refractivity contribution < 1.29 is 9.84 Å². The number of phenolic OH excluding ortho intramolecular Hbond substituents is 1. The quantitative estimate of drug-likeness (QED) is 0.797. The predicted molar refractivity (Wildman–Crippen MR) is 58.7 cm³/mol. The molecule has 1 N–H and O–H groups in total. The molecule has 1 rings (SSSR count). The van der Waals surface area contributed by atoms with Gasteiger partial charge in [0.05, 0.1) is 6.61 Å². The van der Waals surface area contributed by atoms with Gasteiger partial charge in [0.2, 0.25) is 0 Å². The number of benzene rings is 1. The molecule has 0 heterocycles. The number of phenols is 1. The third kappa shape index (κ3) is 1.90. The molecule has 0 aromatic heterocycles. The lowest BCUT2D eigenvalue weighted by atomic mass is 10.0. The van der Waals surface area contributed by atoms with Gasteiger partial charge in [0.1, 0.15) is 11.5 Å². The molecular formula is C12H16O2. The standard InChI is InChI=1S/C12H16O2/c1-5-14-11-7-6-10(8(2)3)12(13)9(11)4/h6-7,13H,2,5H2,1,3-4H3. The molecule has 1 aromatic rings. The van der Waals surface area contributed by atoms with E-state index in [-0.39, 0.29) is 5.75 Å². The van der Waals surface area contributed by atoms with Crippen LogP contribution in [0.25, 0.3) is 5.57 Å². The van der Waals surface area contributed by atoms with Crippen LogP contribution < -0.4 is 4.74 Å². The van der Waals surface area contributed by atoms with Gasteiger partial charge >= 0.3 is 0 Å². The minimum Gasteiger partial charge on any atom is -0.507 e. The Bertz CT molecular complexity index is 354. The van der Waals surface area contributed by atoms with E-state index in [1.807, 2.05) is 32.9 Å². The monoisotopic (exact) mass is 192 g/mol. The van der Waals surface area contributed by atoms with Crippen molar-refractivity contribution in [1.82, 2.24) is 0 Å². The average Bonchev–Trinajstić information content (AvgIpc) is 2.13. The lowest BCUT2D eigenvalue weighted by Crippen LogP contribution is -1.95. The summed E-state index contributed by atoms with van der Waals surface area (Å²) in [6.07, 6.45) is 0. The van der Waals surface area contributed by atoms with Gasteiger partial charge in [-0.2, -0.15) is 0 Å². The number of ether oxygens (including phenoxy) is 1. The van der Waals surface area contributed by atoms with Crippen molar-refractivity contribution in [3.05, 3.63) is 29.8 Å². The molecule has 0 saturated heterocycles. The molecular weight excluding hydrogens is 176 g/mol. The van der Waals surface area contributed by atoms with Crippen molar-refractivity contribution >= 4 is 5.57 Å². The van der Waals surface area contributed by atoms with Crippen LogP contribution in [0.5, 0.6) is 11.5 Å². The lowest BCUT2D eigenvalue weighted by molar-refractivity contribution is 0.334. The Morgan fingerprint density at radius 2 is 2.14 bits per heavy atom. The van der Waals surface area contributed by atoms with Crippen LogP contribution in [0.2, 0.25) is 0 Å². The molecule has 0 aliphatic rings. The molecule has 1 aromatic carbocycles. The van der Waals surface area contributed by atoms with Gasteiger partial charge in [-0.25, -0.2) is 0 Å². The highest BCUT2D eigenvalue weighted by Gasteiger charge is 2.09. The van der Waals surface area contributed by atoms with Crippen molar-refractivity contribution in [3.8, 4) is 11.5 Å². The SMILES string of the molecule is C=C(C)c1ccc(OCC)c(C)c1O. The maximum absolute atomic E-state index is 9.83. The molecule has 0 spiro atoms. The Labute approximate surface area is 84.8 Å². The van der Waals surface area contributed by atoms with Crippen molar-refractivity contribution in [3.63, 3.8) is 0 Å². The normalized spacial score (nSPS) is 9.93. The molecule has 0 aliphatic heterocycles. The largest absolute Gasteiger partial charge is 0.507 e. The van der Waals surface area contributed by atoms with Crippen LogP contribution in [0.1, 0.15) is 25.0 Å². The van der Waals surface area contributed by atoms with Crippen LogP contribution in [0, 0.1) is 6.92 Å². The first kappa shape index (κ1) is 10.6. The van der Waals surface area contributed by atoms with E-state index in [4.69, 9.17) is 4.74 Å². The second-order valence-corrected chi connectivity index (χ2v) is 3.30. The van der Waals surface area contributed by atoms with Gasteiger partial charge in [0.15, 0.2) is 0 Å². The summed E-state index contributed by atoms with van der Waals surface area (Å²) in [4.78, 5) is 0. The van der Waals surface area contributed by atoms with E-state index in [1.54, 1.807) is 0 Å². The van der Waals surface area contributed by atoms with Crippen molar-refractivity contribution in [2.24, 2.45) is 0 Å². The maximum atomic E-state index is 9.83. The van der Waals surface area contributed by atoms with Crippen molar-refractivity contribution in [2.45, 2.75) is 20.8 Å². The zero-order chi connectivity index (χ0) is 10.7. The van der Waals surface area contributed by atoms with E-state index in [9.17, 15) is 5.11 Å². The third-order valence-electron chi connectivity index (χ3n) is 2.14. The van der Waals surface area contributed by atoms with Gasteiger partial charge in [0.25, 0.3) is 0 Å². The highest BCUT2D eigenvalue weighted by atomic mass is 16.5. The van der Waals surface area contributed by atoms with Crippen LogP contribution in [0.3, 0.4) is 0 Å². The van der Waals surface area contributed by atoms with Crippen LogP contribution in [0.4, 0.5) is 0 Å². The van der Waals surface area contributed by atoms with E-state index in [0.29, 0.717) is 6.61 Å². The summed E-state index contributed by atoms with van der Waals surface area (Å²) in [6, 6.07) is 3.69. The van der Waals surface area contributed by atoms with E-state index in [1.165, 1.54) is 0 Å². The maximum Gasteiger partial charge on any atom is 0.129 e. The number of rotatable bonds is 3. The number of hydrogen-bond donors (Lipinski definition) is 1. The minimum absolute atomic E-state index is 0.267. The number of hydrogen-bond acceptors (Lipinski definition) is 2. The zero-order valence-corrected chi connectivity index (χ0v) is 8.92. The Balaban J connectivity index is 3.19. The van der Waals surface area contributed by atoms with Crippen LogP contribution in [-0.4, -0.2) is 11.7 Å². The van der Waals surface area contributed by atoms with Gasteiger partial charge in [-0.1, -0.05) is 6.58 Å². The fraction of sp³-hybridized carbons (Fsp3) is 0.333. The van der Waals surface area contributed by atoms with Crippen molar-refractivity contribution in [1.29, 1.82) is 0 Å². The highest BCUT2D eigenvalue weighted by Crippen LogP contribution is 2.33. The second-order valence-electron chi connectivity index (χ2n) is 3.30. The molecule has 0 atom stereocenters. The summed E-state index contributed by atoms with van der Waals surface area (Å²) in [7, 11) is 0.